The largest absolute Gasteiger partial charge is 0.468 e. The number of hydrogen-bond donors (Lipinski definition) is 2. The summed E-state index contributed by atoms with van der Waals surface area (Å²) in [5.41, 5.74) is -5.41. The van der Waals surface area contributed by atoms with Crippen LogP contribution in [-0.2, 0) is 28.7 Å². The highest BCUT2D eigenvalue weighted by atomic mass is 16.5. The number of ether oxygens (including phenoxy) is 2. The first kappa shape index (κ1) is 19.5. The molecule has 0 unspecified atom stereocenters. The third-order valence-electron chi connectivity index (χ3n) is 5.16. The van der Waals surface area contributed by atoms with E-state index in [1.165, 1.54) is 0 Å². The summed E-state index contributed by atoms with van der Waals surface area (Å²) in [6.07, 6.45) is 0.471. The van der Waals surface area contributed by atoms with E-state index in [-0.39, 0.29) is 25.7 Å². The van der Waals surface area contributed by atoms with Crippen LogP contribution in [0.1, 0.15) is 38.5 Å². The molecule has 0 aromatic heterocycles. The van der Waals surface area contributed by atoms with Crippen LogP contribution < -0.4 is 0 Å². The molecule has 0 saturated heterocycles. The van der Waals surface area contributed by atoms with Crippen molar-refractivity contribution >= 4 is 34.9 Å². The molecular weight excluding hydrogens is 348 g/mol. The van der Waals surface area contributed by atoms with Gasteiger partial charge in [-0.25, -0.2) is 0 Å². The number of carbonyl (C=O) groups is 4. The lowest BCUT2D eigenvalue weighted by molar-refractivity contribution is -0.154. The Hall–Kier alpha value is -2.78. The SMILES string of the molecule is COC(=O)[C@@]1(C(=N\O)/C(=N/O)[C@]2(C(=O)OC)CCCC2=O)CCCC1=O. The normalized spacial score (nSPS) is 29.8. The van der Waals surface area contributed by atoms with E-state index in [9.17, 15) is 29.6 Å². The maximum Gasteiger partial charge on any atom is 0.325 e. The topological polar surface area (TPSA) is 152 Å². The Bertz CT molecular complexity index is 653. The zero-order valence-electron chi connectivity index (χ0n) is 14.5. The molecule has 26 heavy (non-hydrogen) atoms. The molecule has 10 nitrogen and oxygen atoms in total. The summed E-state index contributed by atoms with van der Waals surface area (Å²) < 4.78 is 9.41. The zero-order valence-corrected chi connectivity index (χ0v) is 14.5. The summed E-state index contributed by atoms with van der Waals surface area (Å²) in [5, 5.41) is 25.2. The smallest absolute Gasteiger partial charge is 0.325 e. The first-order valence-corrected chi connectivity index (χ1v) is 8.05. The van der Waals surface area contributed by atoms with E-state index < -0.39 is 45.8 Å². The Balaban J connectivity index is 2.70. The van der Waals surface area contributed by atoms with Crippen LogP contribution in [0.25, 0.3) is 0 Å². The standard InChI is InChI=1S/C16H20N2O8/c1-25-13(21)15(7-3-5-9(15)19)11(17-23)12(18-24)16(14(22)26-2)8-4-6-10(16)20/h23-24H,3-8H2,1-2H3/b17-11-,18-12-/t15-,16-/m0/s1. The van der Waals surface area contributed by atoms with Crippen molar-refractivity contribution in [3.63, 3.8) is 0 Å². The van der Waals surface area contributed by atoms with Crippen LogP contribution >= 0.6 is 0 Å². The second-order valence-electron chi connectivity index (χ2n) is 6.24. The molecule has 2 N–H and O–H groups in total. The van der Waals surface area contributed by atoms with E-state index in [2.05, 4.69) is 10.3 Å². The molecule has 2 saturated carbocycles. The van der Waals surface area contributed by atoms with E-state index in [0.29, 0.717) is 12.8 Å². The third-order valence-corrected chi connectivity index (χ3v) is 5.16. The molecule has 0 aromatic rings. The van der Waals surface area contributed by atoms with Crippen LogP contribution in [-0.4, -0.2) is 59.6 Å². The van der Waals surface area contributed by atoms with Crippen LogP contribution in [0.3, 0.4) is 0 Å². The number of ketones is 2. The molecule has 142 valence electrons. The van der Waals surface area contributed by atoms with Crippen LogP contribution in [0.4, 0.5) is 0 Å². The maximum atomic E-state index is 12.5. The van der Waals surface area contributed by atoms with Crippen molar-refractivity contribution in [2.24, 2.45) is 21.1 Å². The zero-order chi connectivity index (χ0) is 19.5. The van der Waals surface area contributed by atoms with Gasteiger partial charge in [0.05, 0.1) is 14.2 Å². The van der Waals surface area contributed by atoms with Crippen molar-refractivity contribution in [3.8, 4) is 0 Å². The molecule has 2 fully saturated rings. The van der Waals surface area contributed by atoms with Gasteiger partial charge in [-0.15, -0.1) is 0 Å². The fraction of sp³-hybridized carbons (Fsp3) is 0.625. The summed E-state index contributed by atoms with van der Waals surface area (Å²) >= 11 is 0. The first-order chi connectivity index (χ1) is 12.4. The van der Waals surface area contributed by atoms with Gasteiger partial charge in [0.2, 0.25) is 0 Å². The highest BCUT2D eigenvalue weighted by Crippen LogP contribution is 2.44. The van der Waals surface area contributed by atoms with Crippen molar-refractivity contribution in [2.45, 2.75) is 38.5 Å². The Morgan fingerprint density at radius 3 is 1.38 bits per heavy atom. The van der Waals surface area contributed by atoms with Gasteiger partial charge in [0.15, 0.2) is 22.4 Å². The van der Waals surface area contributed by atoms with Gasteiger partial charge in [0.1, 0.15) is 11.4 Å². The molecule has 0 bridgehead atoms. The molecule has 0 amide bonds. The summed E-state index contributed by atoms with van der Waals surface area (Å²) in [7, 11) is 2.11. The number of carbonyl (C=O) groups excluding carboxylic acids is 4. The number of hydrogen-bond acceptors (Lipinski definition) is 10. The van der Waals surface area contributed by atoms with Crippen molar-refractivity contribution in [3.05, 3.63) is 0 Å². The van der Waals surface area contributed by atoms with Crippen molar-refractivity contribution < 1.29 is 39.1 Å². The molecule has 2 aliphatic rings. The van der Waals surface area contributed by atoms with Gasteiger partial charge in [-0.3, -0.25) is 19.2 Å². The molecule has 2 atom stereocenters. The minimum Gasteiger partial charge on any atom is -0.468 e. The predicted octanol–water partition coefficient (Wildman–Crippen LogP) is 0.472. The minimum absolute atomic E-state index is 0.00595. The monoisotopic (exact) mass is 368 g/mol. The lowest BCUT2D eigenvalue weighted by atomic mass is 9.69. The van der Waals surface area contributed by atoms with Gasteiger partial charge in [-0.2, -0.15) is 0 Å². The van der Waals surface area contributed by atoms with Crippen LogP contribution in [0, 0.1) is 10.8 Å². The Morgan fingerprint density at radius 2 is 1.19 bits per heavy atom. The van der Waals surface area contributed by atoms with Crippen LogP contribution in [0.15, 0.2) is 10.3 Å². The van der Waals surface area contributed by atoms with E-state index in [0.717, 1.165) is 14.2 Å². The number of nitrogens with zero attached hydrogens (tertiary/aromatic N) is 2. The van der Waals surface area contributed by atoms with Crippen molar-refractivity contribution in [2.75, 3.05) is 14.2 Å². The maximum absolute atomic E-state index is 12.5. The van der Waals surface area contributed by atoms with Gasteiger partial charge in [0.25, 0.3) is 0 Å². The number of rotatable bonds is 5. The molecule has 10 heteroatoms. The number of methoxy groups -OCH3 is 2. The summed E-state index contributed by atoms with van der Waals surface area (Å²) in [6.45, 7) is 0. The van der Waals surface area contributed by atoms with E-state index in [1.807, 2.05) is 0 Å². The molecule has 0 spiro atoms. The quantitative estimate of drug-likeness (QED) is 0.233. The number of Topliss-reactive ketones (excluding diaryl/α,β-unsaturated/α-hetero) is 2. The fourth-order valence-corrected chi connectivity index (χ4v) is 3.88. The predicted molar refractivity (Wildman–Crippen MR) is 85.1 cm³/mol. The summed E-state index contributed by atoms with van der Waals surface area (Å²) in [5.74, 6) is -3.24. The van der Waals surface area contributed by atoms with Gasteiger partial charge < -0.3 is 19.9 Å². The van der Waals surface area contributed by atoms with Gasteiger partial charge in [0, 0.05) is 12.8 Å². The summed E-state index contributed by atoms with van der Waals surface area (Å²) in [4.78, 5) is 49.9. The summed E-state index contributed by atoms with van der Waals surface area (Å²) in [6, 6.07) is 0. The van der Waals surface area contributed by atoms with Crippen LogP contribution in [0.5, 0.6) is 0 Å². The molecule has 0 aliphatic heterocycles. The highest BCUT2D eigenvalue weighted by molar-refractivity contribution is 6.58. The van der Waals surface area contributed by atoms with E-state index in [1.54, 1.807) is 0 Å². The second-order valence-corrected chi connectivity index (χ2v) is 6.24. The highest BCUT2D eigenvalue weighted by Gasteiger charge is 2.63. The lowest BCUT2D eigenvalue weighted by Gasteiger charge is -2.31. The van der Waals surface area contributed by atoms with Gasteiger partial charge >= 0.3 is 11.9 Å². The average molecular weight is 368 g/mol. The Morgan fingerprint density at radius 1 is 0.846 bits per heavy atom. The second kappa shape index (κ2) is 7.22. The molecular formula is C16H20N2O8. The molecule has 0 aromatic carbocycles. The van der Waals surface area contributed by atoms with Crippen molar-refractivity contribution in [1.29, 1.82) is 0 Å². The first-order valence-electron chi connectivity index (χ1n) is 8.05. The number of esters is 2. The molecule has 0 radical (unpaired) electrons. The van der Waals surface area contributed by atoms with E-state index >= 15 is 0 Å². The minimum atomic E-state index is -2.05. The van der Waals surface area contributed by atoms with Gasteiger partial charge in [-0.1, -0.05) is 10.3 Å². The van der Waals surface area contributed by atoms with Crippen molar-refractivity contribution in [1.82, 2.24) is 0 Å². The van der Waals surface area contributed by atoms with Gasteiger partial charge in [-0.05, 0) is 25.7 Å². The Labute approximate surface area is 148 Å². The van der Waals surface area contributed by atoms with E-state index in [4.69, 9.17) is 9.47 Å². The average Bonchev–Trinajstić information content (AvgIpc) is 3.22. The van der Waals surface area contributed by atoms with Crippen LogP contribution in [0.2, 0.25) is 0 Å². The lowest BCUT2D eigenvalue weighted by Crippen LogP contribution is -2.55. The number of oxime groups is 2. The third kappa shape index (κ3) is 2.47. The molecule has 2 aliphatic carbocycles. The molecule has 2 rings (SSSR count). The fourth-order valence-electron chi connectivity index (χ4n) is 3.88. The Kier molecular flexibility index (Phi) is 5.43. The molecule has 0 heterocycles.